The summed E-state index contributed by atoms with van der Waals surface area (Å²) in [6, 6.07) is 6.38. The van der Waals surface area contributed by atoms with E-state index in [2.05, 4.69) is 0 Å². The maximum absolute atomic E-state index is 11.5. The van der Waals surface area contributed by atoms with Gasteiger partial charge in [0, 0.05) is 11.5 Å². The number of nitrogen functional groups attached to an aromatic ring is 1. The molecule has 2 rings (SSSR count). The Labute approximate surface area is 95.9 Å². The van der Waals surface area contributed by atoms with E-state index >= 15 is 0 Å². The van der Waals surface area contributed by atoms with E-state index < -0.39 is 11.5 Å². The van der Waals surface area contributed by atoms with Crippen LogP contribution in [-0.4, -0.2) is 13.0 Å². The Bertz CT molecular complexity index is 633. The number of hydrazine groups is 1. The van der Waals surface area contributed by atoms with Crippen LogP contribution in [0.4, 0.5) is 0 Å². The summed E-state index contributed by atoms with van der Waals surface area (Å²) in [7, 11) is 1.51. The van der Waals surface area contributed by atoms with Crippen molar-refractivity contribution in [1.29, 1.82) is 0 Å². The molecule has 0 bridgehead atoms. The maximum atomic E-state index is 11.5. The van der Waals surface area contributed by atoms with Crippen molar-refractivity contribution in [2.24, 2.45) is 5.84 Å². The lowest BCUT2D eigenvalue weighted by atomic mass is 10.2. The van der Waals surface area contributed by atoms with Crippen molar-refractivity contribution in [3.8, 4) is 5.75 Å². The summed E-state index contributed by atoms with van der Waals surface area (Å²) in [6.07, 6.45) is 0. The van der Waals surface area contributed by atoms with Crippen molar-refractivity contribution < 1.29 is 13.9 Å². The number of carbonyl (C=O) groups is 1. The Morgan fingerprint density at radius 2 is 2.18 bits per heavy atom. The summed E-state index contributed by atoms with van der Waals surface area (Å²) in [6.45, 7) is 0. The van der Waals surface area contributed by atoms with Crippen LogP contribution in [0, 0.1) is 0 Å². The Kier molecular flexibility index (Phi) is 2.80. The van der Waals surface area contributed by atoms with Gasteiger partial charge in [0.15, 0.2) is 0 Å². The molecule has 3 N–H and O–H groups in total. The molecule has 1 aromatic carbocycles. The highest BCUT2D eigenvalue weighted by atomic mass is 16.5. The van der Waals surface area contributed by atoms with Gasteiger partial charge < -0.3 is 9.15 Å². The fraction of sp³-hybridized carbons (Fsp3) is 0.0909. The lowest BCUT2D eigenvalue weighted by Crippen LogP contribution is -2.33. The Hall–Kier alpha value is -2.34. The lowest BCUT2D eigenvalue weighted by molar-refractivity contribution is 0.0950. The summed E-state index contributed by atoms with van der Waals surface area (Å²) < 4.78 is 10.0. The van der Waals surface area contributed by atoms with Crippen LogP contribution in [0.2, 0.25) is 0 Å². The summed E-state index contributed by atoms with van der Waals surface area (Å²) in [5.74, 6) is 4.85. The topological polar surface area (TPSA) is 94.6 Å². The van der Waals surface area contributed by atoms with E-state index in [9.17, 15) is 9.59 Å². The van der Waals surface area contributed by atoms with Crippen molar-refractivity contribution in [3.05, 3.63) is 40.2 Å². The number of hydrogen-bond acceptors (Lipinski definition) is 5. The van der Waals surface area contributed by atoms with Crippen LogP contribution in [0.3, 0.4) is 0 Å². The number of methoxy groups -OCH3 is 1. The first-order valence-corrected chi connectivity index (χ1v) is 4.78. The van der Waals surface area contributed by atoms with E-state index in [0.717, 1.165) is 0 Å². The minimum atomic E-state index is -0.742. The van der Waals surface area contributed by atoms with Gasteiger partial charge in [-0.2, -0.15) is 0 Å². The van der Waals surface area contributed by atoms with Crippen molar-refractivity contribution in [1.82, 2.24) is 5.43 Å². The van der Waals surface area contributed by atoms with Gasteiger partial charge in [0.1, 0.15) is 16.9 Å². The van der Waals surface area contributed by atoms with Gasteiger partial charge >= 0.3 is 5.63 Å². The van der Waals surface area contributed by atoms with Gasteiger partial charge in [0.05, 0.1) is 7.11 Å². The van der Waals surface area contributed by atoms with Gasteiger partial charge in [-0.1, -0.05) is 0 Å². The molecule has 0 aliphatic carbocycles. The van der Waals surface area contributed by atoms with E-state index in [-0.39, 0.29) is 5.56 Å². The SMILES string of the molecule is COc1ccc2cc(C(=O)NN)c(=O)oc2c1. The number of nitrogens with two attached hydrogens (primary N) is 1. The highest BCUT2D eigenvalue weighted by Crippen LogP contribution is 2.19. The lowest BCUT2D eigenvalue weighted by Gasteiger charge is -2.03. The number of hydrogen-bond donors (Lipinski definition) is 2. The van der Waals surface area contributed by atoms with Crippen LogP contribution < -0.4 is 21.6 Å². The second-order valence-electron chi connectivity index (χ2n) is 3.32. The Morgan fingerprint density at radius 3 is 2.82 bits per heavy atom. The normalized spacial score (nSPS) is 10.2. The fourth-order valence-electron chi connectivity index (χ4n) is 1.45. The standard InChI is InChI=1S/C11H10N2O4/c1-16-7-3-2-6-4-8(10(14)13-12)11(15)17-9(6)5-7/h2-5H,12H2,1H3,(H,13,14). The van der Waals surface area contributed by atoms with Crippen LogP contribution in [0.1, 0.15) is 10.4 Å². The molecule has 0 aliphatic heterocycles. The summed E-state index contributed by atoms with van der Waals surface area (Å²) in [4.78, 5) is 22.8. The van der Waals surface area contributed by atoms with Gasteiger partial charge in [-0.15, -0.1) is 0 Å². The summed E-state index contributed by atoms with van der Waals surface area (Å²) in [5, 5.41) is 0.615. The Morgan fingerprint density at radius 1 is 1.41 bits per heavy atom. The highest BCUT2D eigenvalue weighted by molar-refractivity contribution is 5.96. The molecular weight excluding hydrogens is 224 g/mol. The van der Waals surface area contributed by atoms with E-state index in [4.69, 9.17) is 15.0 Å². The molecule has 6 nitrogen and oxygen atoms in total. The largest absolute Gasteiger partial charge is 0.497 e. The van der Waals surface area contributed by atoms with Gasteiger partial charge in [0.25, 0.3) is 5.91 Å². The first-order chi connectivity index (χ1) is 8.15. The maximum Gasteiger partial charge on any atom is 0.349 e. The van der Waals surface area contributed by atoms with Gasteiger partial charge in [-0.3, -0.25) is 10.2 Å². The first-order valence-electron chi connectivity index (χ1n) is 4.78. The molecule has 1 heterocycles. The highest BCUT2D eigenvalue weighted by Gasteiger charge is 2.12. The van der Waals surface area contributed by atoms with Crippen molar-refractivity contribution in [2.45, 2.75) is 0 Å². The molecule has 1 amide bonds. The minimum absolute atomic E-state index is 0.134. The van der Waals surface area contributed by atoms with E-state index in [0.29, 0.717) is 16.7 Å². The Balaban J connectivity index is 2.66. The van der Waals surface area contributed by atoms with Crippen LogP contribution in [0.15, 0.2) is 33.5 Å². The molecule has 0 saturated heterocycles. The number of fused-ring (bicyclic) bond motifs is 1. The zero-order chi connectivity index (χ0) is 12.4. The molecule has 0 radical (unpaired) electrons. The molecule has 0 fully saturated rings. The zero-order valence-corrected chi connectivity index (χ0v) is 9.02. The third kappa shape index (κ3) is 1.98. The number of amides is 1. The fourth-order valence-corrected chi connectivity index (χ4v) is 1.45. The number of nitrogens with one attached hydrogen (secondary N) is 1. The van der Waals surface area contributed by atoms with Crippen molar-refractivity contribution in [2.75, 3.05) is 7.11 Å². The molecule has 6 heteroatoms. The van der Waals surface area contributed by atoms with E-state index in [1.54, 1.807) is 18.2 Å². The second kappa shape index (κ2) is 4.26. The zero-order valence-electron chi connectivity index (χ0n) is 9.02. The van der Waals surface area contributed by atoms with Gasteiger partial charge in [-0.25, -0.2) is 10.6 Å². The van der Waals surface area contributed by atoms with Crippen LogP contribution in [-0.2, 0) is 0 Å². The van der Waals surface area contributed by atoms with Crippen molar-refractivity contribution in [3.63, 3.8) is 0 Å². The predicted molar refractivity (Wildman–Crippen MR) is 60.7 cm³/mol. The smallest absolute Gasteiger partial charge is 0.349 e. The van der Waals surface area contributed by atoms with Crippen LogP contribution in [0.5, 0.6) is 5.75 Å². The molecule has 0 unspecified atom stereocenters. The third-order valence-corrected chi connectivity index (χ3v) is 2.32. The van der Waals surface area contributed by atoms with Crippen LogP contribution in [0.25, 0.3) is 11.0 Å². The molecule has 1 aromatic heterocycles. The average molecular weight is 234 g/mol. The predicted octanol–water partition coefficient (Wildman–Crippen LogP) is 0.405. The molecule has 88 valence electrons. The molecule has 2 aromatic rings. The first kappa shape index (κ1) is 11.2. The summed E-state index contributed by atoms with van der Waals surface area (Å²) >= 11 is 0. The van der Waals surface area contributed by atoms with E-state index in [1.165, 1.54) is 13.2 Å². The average Bonchev–Trinajstić information content (AvgIpc) is 2.36. The molecule has 0 saturated carbocycles. The van der Waals surface area contributed by atoms with Crippen molar-refractivity contribution >= 4 is 16.9 Å². The molecule has 0 spiro atoms. The molecule has 17 heavy (non-hydrogen) atoms. The molecular formula is C11H10N2O4. The van der Waals surface area contributed by atoms with Gasteiger partial charge in [0.2, 0.25) is 0 Å². The minimum Gasteiger partial charge on any atom is -0.497 e. The second-order valence-corrected chi connectivity index (χ2v) is 3.32. The number of benzene rings is 1. The van der Waals surface area contributed by atoms with Crippen LogP contribution >= 0.6 is 0 Å². The quantitative estimate of drug-likeness (QED) is 0.339. The molecule has 0 aliphatic rings. The number of ether oxygens (including phenoxy) is 1. The molecule has 0 atom stereocenters. The number of rotatable bonds is 2. The van der Waals surface area contributed by atoms with Gasteiger partial charge in [-0.05, 0) is 18.2 Å². The van der Waals surface area contributed by atoms with E-state index in [1.807, 2.05) is 5.43 Å². The summed E-state index contributed by atoms with van der Waals surface area (Å²) in [5.41, 5.74) is 1.36. The monoisotopic (exact) mass is 234 g/mol. The number of carbonyl (C=O) groups excluding carboxylic acids is 1. The third-order valence-electron chi connectivity index (χ3n) is 2.32.